The molecule has 0 saturated carbocycles. The summed E-state index contributed by atoms with van der Waals surface area (Å²) in [5, 5.41) is 1.43. The van der Waals surface area contributed by atoms with E-state index in [2.05, 4.69) is 90.3 Å². The van der Waals surface area contributed by atoms with E-state index < -0.39 is 18.4 Å². The van der Waals surface area contributed by atoms with Gasteiger partial charge in [0.25, 0.3) is 0 Å². The van der Waals surface area contributed by atoms with E-state index in [-0.39, 0.29) is 32.0 Å². The quantitative estimate of drug-likeness (QED) is 0.187. The monoisotopic (exact) mass is 734 g/mol. The van der Waals surface area contributed by atoms with Gasteiger partial charge in [-0.25, -0.2) is 0 Å². The van der Waals surface area contributed by atoms with E-state index in [1.54, 1.807) is 18.2 Å². The Bertz CT molecular complexity index is 1510. The van der Waals surface area contributed by atoms with Crippen LogP contribution in [0, 0.1) is 0 Å². The summed E-state index contributed by atoms with van der Waals surface area (Å²) < 4.78 is 12.1. The molecular weight excluding hydrogens is 698 g/mol. The normalized spacial score (nSPS) is 16.9. The molecule has 2 aliphatic carbocycles. The van der Waals surface area contributed by atoms with Crippen LogP contribution in [0.2, 0.25) is 19.3 Å². The molecule has 0 amide bonds. The van der Waals surface area contributed by atoms with Crippen molar-refractivity contribution in [1.29, 1.82) is 0 Å². The van der Waals surface area contributed by atoms with E-state index in [4.69, 9.17) is 4.74 Å². The molecular formula is C29H34OS3Sn2. The van der Waals surface area contributed by atoms with Crippen LogP contribution < -0.4 is 7.63 Å². The van der Waals surface area contributed by atoms with Crippen LogP contribution in [0.1, 0.15) is 61.7 Å². The summed E-state index contributed by atoms with van der Waals surface area (Å²) in [5.74, 6) is 1.07. The molecule has 1 nitrogen and oxygen atoms in total. The number of rotatable bonds is 5. The molecule has 2 aliphatic rings. The Balaban J connectivity index is 1.63. The molecule has 35 heavy (non-hydrogen) atoms. The Morgan fingerprint density at radius 2 is 1.54 bits per heavy atom. The minimum absolute atomic E-state index is 0.0114. The van der Waals surface area contributed by atoms with E-state index >= 15 is 0 Å². The molecule has 1 aromatic carbocycles. The van der Waals surface area contributed by atoms with Crippen molar-refractivity contribution >= 4 is 86.5 Å². The van der Waals surface area contributed by atoms with Crippen molar-refractivity contribution in [2.45, 2.75) is 69.1 Å². The van der Waals surface area contributed by atoms with Gasteiger partial charge < -0.3 is 0 Å². The fourth-order valence-electron chi connectivity index (χ4n) is 6.06. The van der Waals surface area contributed by atoms with Crippen LogP contribution >= 0.6 is 34.0 Å². The van der Waals surface area contributed by atoms with Gasteiger partial charge >= 0.3 is 239 Å². The van der Waals surface area contributed by atoms with Gasteiger partial charge in [-0.1, -0.05) is 0 Å². The number of benzene rings is 1. The predicted molar refractivity (Wildman–Crippen MR) is 162 cm³/mol. The first-order valence-corrected chi connectivity index (χ1v) is 29.1. The number of ether oxygens (including phenoxy) is 1. The van der Waals surface area contributed by atoms with Crippen molar-refractivity contribution in [3.8, 4) is 25.9 Å². The van der Waals surface area contributed by atoms with Crippen molar-refractivity contribution in [3.63, 3.8) is 0 Å². The Kier molecular flexibility index (Phi) is 5.95. The van der Waals surface area contributed by atoms with Crippen molar-refractivity contribution in [1.82, 2.24) is 0 Å². The molecule has 0 aliphatic heterocycles. The summed E-state index contributed by atoms with van der Waals surface area (Å²) in [5.41, 5.74) is 7.58. The zero-order valence-corrected chi connectivity index (χ0v) is 30.4. The van der Waals surface area contributed by atoms with Crippen molar-refractivity contribution < 1.29 is 4.74 Å². The predicted octanol–water partition coefficient (Wildman–Crippen LogP) is 8.83. The van der Waals surface area contributed by atoms with Crippen LogP contribution in [-0.2, 0) is 15.3 Å². The standard InChI is InChI=1S/C24H20OS3.C2H5.3CH3.2Sn/c1-11-9-14-20(27-11)16-15(25-6)10-12-17-22(28-19(12)18(16)24(14,4)5)21-13(7-8-26-21)23(17,2)3;1-2;;;;;/h7,9-10H,1H2,2-6H3;1H2,2H3;3*1H3;;. The number of hydrogen-bond donors (Lipinski definition) is 0. The molecule has 182 valence electrons. The van der Waals surface area contributed by atoms with Crippen molar-refractivity contribution in [3.05, 3.63) is 45.3 Å². The molecule has 0 bridgehead atoms. The molecule has 0 atom stereocenters. The van der Waals surface area contributed by atoms with E-state index in [1.165, 1.54) is 51.0 Å². The Morgan fingerprint density at radius 1 is 0.857 bits per heavy atom. The molecule has 0 fully saturated rings. The van der Waals surface area contributed by atoms with Gasteiger partial charge in [0, 0.05) is 0 Å². The third kappa shape index (κ3) is 3.48. The summed E-state index contributed by atoms with van der Waals surface area (Å²) in [6.07, 6.45) is 0. The van der Waals surface area contributed by atoms with Gasteiger partial charge in [0.1, 0.15) is 0 Å². The van der Waals surface area contributed by atoms with Crippen LogP contribution in [0.3, 0.4) is 0 Å². The summed E-state index contributed by atoms with van der Waals surface area (Å²) in [6, 6.07) is 7.52. The Morgan fingerprint density at radius 3 is 2.20 bits per heavy atom. The van der Waals surface area contributed by atoms with E-state index in [0.29, 0.717) is 0 Å². The molecule has 0 N–H and O–H groups in total. The maximum atomic E-state index is 6.16. The fourth-order valence-corrected chi connectivity index (χ4v) is 18.6. The molecule has 6 rings (SSSR count). The van der Waals surface area contributed by atoms with Crippen LogP contribution in [0.25, 0.3) is 30.3 Å². The second-order valence-corrected chi connectivity index (χ2v) is 35.2. The van der Waals surface area contributed by atoms with Gasteiger partial charge in [-0.15, -0.1) is 0 Å². The third-order valence-corrected chi connectivity index (χ3v) is 25.1. The van der Waals surface area contributed by atoms with Crippen LogP contribution in [0.4, 0.5) is 0 Å². The van der Waals surface area contributed by atoms with E-state index in [0.717, 1.165) is 5.75 Å². The van der Waals surface area contributed by atoms with Crippen molar-refractivity contribution in [2.24, 2.45) is 0 Å². The second kappa shape index (κ2) is 8.24. The first-order valence-electron chi connectivity index (χ1n) is 12.6. The average Bonchev–Trinajstić information content (AvgIpc) is 3.54. The van der Waals surface area contributed by atoms with Gasteiger partial charge in [-0.3, -0.25) is 0 Å². The molecule has 0 unspecified atom stereocenters. The number of methoxy groups -OCH3 is 1. The van der Waals surface area contributed by atoms with Crippen LogP contribution in [0.5, 0.6) is 5.75 Å². The maximum absolute atomic E-state index is 6.16. The zero-order valence-electron chi connectivity index (χ0n) is 22.3. The summed E-state index contributed by atoms with van der Waals surface area (Å²) in [7, 11) is 1.86. The SMILES string of the molecule is C[CH2][Sn][CH2]c1cc2c(s1)-c1c(OC)cc3c4c(sc3c1C2(C)C)-c1s[c]([Sn]([CH3])([CH3])[CH3])cc1C4(C)C. The molecule has 0 spiro atoms. The first-order chi connectivity index (χ1) is 16.4. The second-order valence-electron chi connectivity index (χ2n) is 12.1. The Hall–Kier alpha value is -0.0226. The van der Waals surface area contributed by atoms with E-state index in [9.17, 15) is 0 Å². The van der Waals surface area contributed by atoms with Gasteiger partial charge in [-0.2, -0.15) is 0 Å². The number of fused-ring (bicyclic) bond motifs is 9. The Labute approximate surface area is 236 Å². The number of thiophene rings is 3. The topological polar surface area (TPSA) is 9.23 Å². The zero-order chi connectivity index (χ0) is 25.1. The van der Waals surface area contributed by atoms with E-state index in [1.807, 2.05) is 18.4 Å². The summed E-state index contributed by atoms with van der Waals surface area (Å²) >= 11 is 3.83. The molecule has 3 heterocycles. The van der Waals surface area contributed by atoms with Gasteiger partial charge in [0.2, 0.25) is 0 Å². The summed E-state index contributed by atoms with van der Waals surface area (Å²) in [4.78, 5) is 13.8. The van der Waals surface area contributed by atoms with Crippen molar-refractivity contribution in [2.75, 3.05) is 7.11 Å². The minimum atomic E-state index is -2.13. The number of hydrogen-bond acceptors (Lipinski definition) is 4. The molecule has 0 saturated heterocycles. The van der Waals surface area contributed by atoms with Gasteiger partial charge in [0.05, 0.1) is 0 Å². The molecule has 2 radical (unpaired) electrons. The summed E-state index contributed by atoms with van der Waals surface area (Å²) in [6.45, 7) is 12.2. The molecule has 4 aromatic rings. The first kappa shape index (κ1) is 25.3. The average molecular weight is 732 g/mol. The fraction of sp³-hybridized carbons (Fsp3) is 0.448. The van der Waals surface area contributed by atoms with Crippen LogP contribution in [-0.4, -0.2) is 46.6 Å². The third-order valence-electron chi connectivity index (χ3n) is 8.00. The van der Waals surface area contributed by atoms with Crippen LogP contribution in [0.15, 0.2) is 18.2 Å². The molecule has 6 heteroatoms. The van der Waals surface area contributed by atoms with Gasteiger partial charge in [-0.05, 0) is 0 Å². The van der Waals surface area contributed by atoms with Gasteiger partial charge in [0.15, 0.2) is 0 Å². The molecule has 3 aromatic heterocycles.